The summed E-state index contributed by atoms with van der Waals surface area (Å²) in [7, 11) is -2.92. The van der Waals surface area contributed by atoms with Crippen molar-refractivity contribution in [3.8, 4) is 0 Å². The van der Waals surface area contributed by atoms with Crippen molar-refractivity contribution >= 4 is 295 Å². The quantitative estimate of drug-likeness (QED) is 0.0942. The van der Waals surface area contributed by atoms with Crippen molar-refractivity contribution in [2.75, 3.05) is 6.61 Å². The molecule has 0 aliphatic carbocycles. The van der Waals surface area contributed by atoms with Gasteiger partial charge in [-0.3, -0.25) is 0 Å². The maximum Gasteiger partial charge on any atom is 0.288 e. The van der Waals surface area contributed by atoms with Crippen LogP contribution in [-0.4, -0.2) is 39.7 Å². The molecule has 260 valence electrons. The molecule has 0 fully saturated rings. The van der Waals surface area contributed by atoms with Crippen molar-refractivity contribution in [2.24, 2.45) is 0 Å². The molecular formula is C28H19Br17OSi. The van der Waals surface area contributed by atoms with Crippen molar-refractivity contribution in [3.05, 3.63) is 91.0 Å². The van der Waals surface area contributed by atoms with Gasteiger partial charge >= 0.3 is 0 Å². The minimum Gasteiger partial charge on any atom is -0.404 e. The number of rotatable bonds is 13. The summed E-state index contributed by atoms with van der Waals surface area (Å²) < 4.78 is -0.506. The third-order valence-corrected chi connectivity index (χ3v) is 45.3. The highest BCUT2D eigenvalue weighted by Gasteiger charge is 2.77. The van der Waals surface area contributed by atoms with Crippen LogP contribution in [0.15, 0.2) is 91.0 Å². The summed E-state index contributed by atoms with van der Waals surface area (Å²) in [6.45, 7) is 0.397. The van der Waals surface area contributed by atoms with Gasteiger partial charge in [-0.25, -0.2) is 0 Å². The predicted molar refractivity (Wildman–Crippen MR) is 268 cm³/mol. The Labute approximate surface area is 420 Å². The largest absolute Gasteiger partial charge is 0.404 e. The van der Waals surface area contributed by atoms with Crippen molar-refractivity contribution < 1.29 is 4.43 Å². The molecule has 1 nitrogen and oxygen atoms in total. The number of alkyl halides is 17. The Hall–Kier alpha value is 6.00. The summed E-state index contributed by atoms with van der Waals surface area (Å²) in [6, 6.07) is 31.5. The van der Waals surface area contributed by atoms with E-state index in [9.17, 15) is 0 Å². The number of benzene rings is 3. The molecule has 3 aromatic rings. The molecular weight excluding hydrogens is 1740 g/mol. The van der Waals surface area contributed by atoms with Crippen molar-refractivity contribution in [2.45, 2.75) is 31.2 Å². The van der Waals surface area contributed by atoms with Crippen molar-refractivity contribution in [3.63, 3.8) is 0 Å². The van der Waals surface area contributed by atoms with Crippen LogP contribution in [0.2, 0.25) is 0 Å². The van der Waals surface area contributed by atoms with Gasteiger partial charge in [0, 0.05) is 6.61 Å². The third-order valence-electron chi connectivity index (χ3n) is 7.06. The second-order valence-corrected chi connectivity index (χ2v) is 44.6. The van der Waals surface area contributed by atoms with Gasteiger partial charge in [0.05, 0.1) is 0 Å². The van der Waals surface area contributed by atoms with Crippen LogP contribution in [0.1, 0.15) is 6.42 Å². The SMILES string of the molecule is BrC(Br)(Br)C(Br)(Br)C(Br)(Br)C(Br)(Br)C(Br)(Br)C(Br)(Br)C(Br)(Br)C(Br)(Br)CCO[Si](c1ccccc1)(c1ccccc1)c1ccccc1. The highest BCUT2D eigenvalue weighted by Crippen LogP contribution is 2.78. The van der Waals surface area contributed by atoms with Crippen molar-refractivity contribution in [1.82, 2.24) is 0 Å². The monoisotopic (exact) mass is 1740 g/mol. The Morgan fingerprint density at radius 2 is 0.660 bits per heavy atom. The van der Waals surface area contributed by atoms with Crippen LogP contribution in [0.3, 0.4) is 0 Å². The topological polar surface area (TPSA) is 9.23 Å². The van der Waals surface area contributed by atoms with E-state index in [1.807, 2.05) is 18.2 Å². The lowest BCUT2D eigenvalue weighted by Crippen LogP contribution is -2.70. The van der Waals surface area contributed by atoms with Crippen LogP contribution in [0.25, 0.3) is 0 Å². The van der Waals surface area contributed by atoms with E-state index in [4.69, 9.17) is 4.43 Å². The number of hydrogen-bond donors (Lipinski definition) is 0. The lowest BCUT2D eigenvalue weighted by molar-refractivity contribution is 0.309. The molecule has 0 saturated carbocycles. The molecule has 0 aromatic heterocycles. The Morgan fingerprint density at radius 1 is 0.383 bits per heavy atom. The van der Waals surface area contributed by atoms with E-state index < -0.39 is 33.1 Å². The molecule has 0 spiro atoms. The minimum atomic E-state index is -2.92. The zero-order valence-electron chi connectivity index (χ0n) is 22.9. The molecule has 19 heteroatoms. The average molecular weight is 1760 g/mol. The normalized spacial score (nSPS) is 14.7. The van der Waals surface area contributed by atoms with E-state index in [2.05, 4.69) is 344 Å². The lowest BCUT2D eigenvalue weighted by atomic mass is 10.1. The first-order chi connectivity index (χ1) is 21.3. The first-order valence-electron chi connectivity index (χ1n) is 12.8. The fourth-order valence-corrected chi connectivity index (χ4v) is 23.5. The van der Waals surface area contributed by atoms with Gasteiger partial charge in [0.1, 0.15) is 22.6 Å². The van der Waals surface area contributed by atoms with Gasteiger partial charge in [-0.2, -0.15) is 0 Å². The molecule has 3 aromatic carbocycles. The van der Waals surface area contributed by atoms with Gasteiger partial charge in [-0.1, -0.05) is 362 Å². The van der Waals surface area contributed by atoms with Gasteiger partial charge in [0.25, 0.3) is 8.32 Å². The summed E-state index contributed by atoms with van der Waals surface area (Å²) >= 11 is 66.4. The third kappa shape index (κ3) is 9.18. The van der Waals surface area contributed by atoms with Crippen LogP contribution in [0, 0.1) is 0 Å². The highest BCUT2D eigenvalue weighted by molar-refractivity contribution is 9.42. The second kappa shape index (κ2) is 17.9. The molecule has 47 heavy (non-hydrogen) atoms. The van der Waals surface area contributed by atoms with E-state index >= 15 is 0 Å². The molecule has 0 atom stereocenters. The summed E-state index contributed by atoms with van der Waals surface area (Å²) in [4.78, 5) is 0. The maximum absolute atomic E-state index is 7.24. The summed E-state index contributed by atoms with van der Waals surface area (Å²) in [5.74, 6) is 0. The molecule has 0 saturated heterocycles. The van der Waals surface area contributed by atoms with Crippen LogP contribution in [0.4, 0.5) is 0 Å². The first kappa shape index (κ1) is 47.4. The minimum absolute atomic E-state index is 0.397. The maximum atomic E-state index is 7.24. The van der Waals surface area contributed by atoms with Crippen LogP contribution < -0.4 is 15.6 Å². The predicted octanol–water partition coefficient (Wildman–Crippen LogP) is 15.3. The Morgan fingerprint density at radius 3 is 0.957 bits per heavy atom. The Kier molecular flexibility index (Phi) is 18.0. The molecule has 3 rings (SSSR count). The average Bonchev–Trinajstić information content (AvgIpc) is 2.99. The molecule has 0 heterocycles. The summed E-state index contributed by atoms with van der Waals surface area (Å²) in [5, 5.41) is 3.49. The van der Waals surface area contributed by atoms with Gasteiger partial charge in [0.2, 0.25) is 0 Å². The molecule has 0 bridgehead atoms. The highest BCUT2D eigenvalue weighted by atomic mass is 80.0. The molecule has 0 aliphatic heterocycles. The number of halogens is 17. The van der Waals surface area contributed by atoms with E-state index in [0.29, 0.717) is 13.0 Å². The molecule has 0 amide bonds. The van der Waals surface area contributed by atoms with Crippen LogP contribution >= 0.6 is 271 Å². The fourth-order valence-electron chi connectivity index (χ4n) is 4.45. The van der Waals surface area contributed by atoms with Crippen LogP contribution in [0.5, 0.6) is 0 Å². The van der Waals surface area contributed by atoms with E-state index in [1.54, 1.807) is 0 Å². The Bertz CT molecular complexity index is 1380. The number of hydrogen-bond acceptors (Lipinski definition) is 1. The first-order valence-corrected chi connectivity index (χ1v) is 28.2. The van der Waals surface area contributed by atoms with Crippen molar-refractivity contribution in [1.29, 1.82) is 0 Å². The van der Waals surface area contributed by atoms with E-state index in [-0.39, 0.29) is 0 Å². The molecule has 0 aliphatic rings. The van der Waals surface area contributed by atoms with E-state index in [1.165, 1.54) is 0 Å². The van der Waals surface area contributed by atoms with Gasteiger partial charge in [0.15, 0.2) is 2.14 Å². The van der Waals surface area contributed by atoms with Gasteiger partial charge in [-0.15, -0.1) is 0 Å². The summed E-state index contributed by atoms with van der Waals surface area (Å²) in [5.41, 5.74) is 0. The molecule has 0 unspecified atom stereocenters. The van der Waals surface area contributed by atoms with Crippen LogP contribution in [-0.2, 0) is 4.43 Å². The standard InChI is InChI=1S/C28H19Br17OSi/c29-21(30,22(31,32)23(33,34)24(35,36)25(37,38)26(39,40)27(41,42)28(43,44)45)16-17-46-47(18-10-4-1-5-11-18,19-12-6-2-7-13-19)20-14-8-3-9-15-20/h1-15H,16-17H2. The fraction of sp³-hybridized carbons (Fsp3) is 0.357. The Balaban J connectivity index is 2.05. The molecule has 0 radical (unpaired) electrons. The van der Waals surface area contributed by atoms with Gasteiger partial charge < -0.3 is 4.43 Å². The second-order valence-electron chi connectivity index (χ2n) is 10.0. The zero-order chi connectivity index (χ0) is 36.0. The van der Waals surface area contributed by atoms with E-state index in [0.717, 1.165) is 15.6 Å². The lowest BCUT2D eigenvalue weighted by Gasteiger charge is -2.57. The van der Waals surface area contributed by atoms with Gasteiger partial charge in [-0.05, 0) is 22.0 Å². The zero-order valence-corrected chi connectivity index (χ0v) is 50.9. The smallest absolute Gasteiger partial charge is 0.288 e. The summed E-state index contributed by atoms with van der Waals surface area (Å²) in [6.07, 6.45) is 0.513. The molecule has 0 N–H and O–H groups in total.